The van der Waals surface area contributed by atoms with E-state index in [1.165, 1.54) is 11.1 Å². The second kappa shape index (κ2) is 11.8. The number of amides is 2. The minimum absolute atomic E-state index is 0.00184. The monoisotopic (exact) mass is 426 g/mol. The Hall–Kier alpha value is -2.27. The Bertz CT molecular complexity index is 818. The third-order valence-electron chi connectivity index (χ3n) is 5.25. The lowest BCUT2D eigenvalue weighted by Crippen LogP contribution is -2.49. The molecular weight excluding hydrogens is 392 g/mol. The second-order valence-electron chi connectivity index (χ2n) is 7.91. The molecule has 2 atom stereocenters. The van der Waals surface area contributed by atoms with Crippen LogP contribution in [0.25, 0.3) is 0 Å². The summed E-state index contributed by atoms with van der Waals surface area (Å²) in [5.74, 6) is 0.587. The number of hydrogen-bond acceptors (Lipinski definition) is 3. The summed E-state index contributed by atoms with van der Waals surface area (Å²) < 4.78 is 0. The molecule has 0 radical (unpaired) electrons. The van der Waals surface area contributed by atoms with E-state index in [9.17, 15) is 9.59 Å². The van der Waals surface area contributed by atoms with Crippen LogP contribution >= 0.6 is 11.8 Å². The molecule has 0 spiro atoms. The molecule has 0 unspecified atom stereocenters. The first kappa shape index (κ1) is 24.0. The summed E-state index contributed by atoms with van der Waals surface area (Å²) >= 11 is 1.67. The molecule has 0 fully saturated rings. The van der Waals surface area contributed by atoms with Crippen molar-refractivity contribution in [3.8, 4) is 0 Å². The van der Waals surface area contributed by atoms with E-state index in [0.717, 1.165) is 16.9 Å². The molecule has 2 rings (SSSR count). The summed E-state index contributed by atoms with van der Waals surface area (Å²) in [5, 5.41) is 3.01. The van der Waals surface area contributed by atoms with Crippen molar-refractivity contribution in [2.75, 3.05) is 5.75 Å². The van der Waals surface area contributed by atoms with Crippen LogP contribution in [0.15, 0.2) is 53.4 Å². The normalized spacial score (nSPS) is 12.8. The van der Waals surface area contributed by atoms with E-state index in [2.05, 4.69) is 36.5 Å². The van der Waals surface area contributed by atoms with Gasteiger partial charge in [0.15, 0.2) is 0 Å². The van der Waals surface area contributed by atoms with Crippen LogP contribution in [0.4, 0.5) is 0 Å². The molecule has 4 nitrogen and oxygen atoms in total. The van der Waals surface area contributed by atoms with Crippen LogP contribution < -0.4 is 5.32 Å². The Morgan fingerprint density at radius 2 is 1.53 bits per heavy atom. The van der Waals surface area contributed by atoms with Gasteiger partial charge in [0.05, 0.1) is 0 Å². The second-order valence-corrected chi connectivity index (χ2v) is 9.08. The van der Waals surface area contributed by atoms with Gasteiger partial charge in [-0.2, -0.15) is 0 Å². The van der Waals surface area contributed by atoms with E-state index in [-0.39, 0.29) is 17.9 Å². The predicted octanol–water partition coefficient (Wildman–Crippen LogP) is 5.12. The molecule has 162 valence electrons. The van der Waals surface area contributed by atoms with Gasteiger partial charge in [0, 0.05) is 29.7 Å². The van der Waals surface area contributed by atoms with Crippen molar-refractivity contribution in [3.05, 3.63) is 65.2 Å². The maximum atomic E-state index is 13.1. The molecule has 2 aromatic carbocycles. The number of nitrogens with one attached hydrogen (secondary N) is 1. The Morgan fingerprint density at radius 1 is 0.967 bits per heavy atom. The molecule has 0 aliphatic carbocycles. The Kier molecular flexibility index (Phi) is 9.44. The average Bonchev–Trinajstić information content (AvgIpc) is 2.74. The first-order valence-electron chi connectivity index (χ1n) is 10.6. The highest BCUT2D eigenvalue weighted by molar-refractivity contribution is 7.99. The Morgan fingerprint density at radius 3 is 2.10 bits per heavy atom. The zero-order chi connectivity index (χ0) is 22.1. The first-order chi connectivity index (χ1) is 14.3. The van der Waals surface area contributed by atoms with E-state index in [4.69, 9.17) is 0 Å². The van der Waals surface area contributed by atoms with Crippen LogP contribution in [0, 0.1) is 13.8 Å². The summed E-state index contributed by atoms with van der Waals surface area (Å²) in [7, 11) is 0. The molecule has 2 amide bonds. The Labute approximate surface area is 185 Å². The van der Waals surface area contributed by atoms with Crippen molar-refractivity contribution >= 4 is 23.6 Å². The molecule has 0 saturated heterocycles. The van der Waals surface area contributed by atoms with Gasteiger partial charge in [0.2, 0.25) is 11.8 Å². The van der Waals surface area contributed by atoms with Crippen molar-refractivity contribution in [1.82, 2.24) is 10.2 Å². The van der Waals surface area contributed by atoms with Crippen molar-refractivity contribution in [2.24, 2.45) is 0 Å². The molecular formula is C25H34N2O2S. The van der Waals surface area contributed by atoms with Crippen LogP contribution in [0.2, 0.25) is 0 Å². The van der Waals surface area contributed by atoms with Crippen LogP contribution in [0.5, 0.6) is 0 Å². The van der Waals surface area contributed by atoms with Gasteiger partial charge in [-0.15, -0.1) is 11.8 Å². The lowest BCUT2D eigenvalue weighted by molar-refractivity contribution is -0.140. The van der Waals surface area contributed by atoms with Gasteiger partial charge < -0.3 is 10.2 Å². The van der Waals surface area contributed by atoms with Crippen LogP contribution in [0.3, 0.4) is 0 Å². The topological polar surface area (TPSA) is 49.4 Å². The third-order valence-corrected chi connectivity index (χ3v) is 6.26. The van der Waals surface area contributed by atoms with Crippen molar-refractivity contribution in [2.45, 2.75) is 71.0 Å². The minimum atomic E-state index is -0.517. The van der Waals surface area contributed by atoms with Gasteiger partial charge >= 0.3 is 0 Å². The summed E-state index contributed by atoms with van der Waals surface area (Å²) in [6, 6.07) is 16.0. The van der Waals surface area contributed by atoms with E-state index >= 15 is 0 Å². The Balaban J connectivity index is 2.06. The lowest BCUT2D eigenvalue weighted by atomic mass is 10.1. The molecule has 5 heteroatoms. The molecule has 0 saturated carbocycles. The van der Waals surface area contributed by atoms with Crippen LogP contribution in [-0.2, 0) is 16.1 Å². The third kappa shape index (κ3) is 7.52. The molecule has 2 aromatic rings. The van der Waals surface area contributed by atoms with Gasteiger partial charge in [-0.1, -0.05) is 54.4 Å². The average molecular weight is 427 g/mol. The first-order valence-corrected chi connectivity index (χ1v) is 11.6. The van der Waals surface area contributed by atoms with E-state index in [1.54, 1.807) is 16.7 Å². The SMILES string of the molecule is CC[C@@H](C)NC(=O)[C@H](C)N(Cc1ccc(C)cc1)C(=O)CCSc1ccc(C)cc1. The number of nitrogens with zero attached hydrogens (tertiary/aromatic N) is 1. The number of benzene rings is 2. The van der Waals surface area contributed by atoms with Gasteiger partial charge in [-0.3, -0.25) is 9.59 Å². The highest BCUT2D eigenvalue weighted by Crippen LogP contribution is 2.20. The van der Waals surface area contributed by atoms with E-state index in [0.29, 0.717) is 18.7 Å². The van der Waals surface area contributed by atoms with Gasteiger partial charge in [-0.25, -0.2) is 0 Å². The van der Waals surface area contributed by atoms with Crippen molar-refractivity contribution in [3.63, 3.8) is 0 Å². The lowest BCUT2D eigenvalue weighted by Gasteiger charge is -2.29. The quantitative estimate of drug-likeness (QED) is 0.537. The van der Waals surface area contributed by atoms with Gasteiger partial charge in [0.25, 0.3) is 0 Å². The molecule has 0 heterocycles. The predicted molar refractivity (Wildman–Crippen MR) is 126 cm³/mol. The maximum absolute atomic E-state index is 13.1. The smallest absolute Gasteiger partial charge is 0.242 e. The zero-order valence-electron chi connectivity index (χ0n) is 18.8. The number of carbonyl (C=O) groups is 2. The molecule has 0 aliphatic heterocycles. The maximum Gasteiger partial charge on any atom is 0.242 e. The minimum Gasteiger partial charge on any atom is -0.352 e. The summed E-state index contributed by atoms with van der Waals surface area (Å²) in [6.45, 7) is 10.4. The number of hydrogen-bond donors (Lipinski definition) is 1. The fourth-order valence-corrected chi connectivity index (χ4v) is 3.81. The summed E-state index contributed by atoms with van der Waals surface area (Å²) in [5.41, 5.74) is 3.43. The molecule has 1 N–H and O–H groups in total. The highest BCUT2D eigenvalue weighted by Gasteiger charge is 2.26. The summed E-state index contributed by atoms with van der Waals surface area (Å²) in [6.07, 6.45) is 1.25. The fourth-order valence-electron chi connectivity index (χ4n) is 2.97. The standard InChI is InChI=1S/C25H34N2O2S/c1-6-20(4)26-25(29)21(5)27(17-22-11-7-18(2)8-12-22)24(28)15-16-30-23-13-9-19(3)10-14-23/h7-14,20-21H,6,15-17H2,1-5H3,(H,26,29)/t20-,21+/m1/s1. The summed E-state index contributed by atoms with van der Waals surface area (Å²) in [4.78, 5) is 28.7. The van der Waals surface area contributed by atoms with Crippen molar-refractivity contribution in [1.29, 1.82) is 0 Å². The number of carbonyl (C=O) groups excluding carboxylic acids is 2. The fraction of sp³-hybridized carbons (Fsp3) is 0.440. The highest BCUT2D eigenvalue weighted by atomic mass is 32.2. The largest absolute Gasteiger partial charge is 0.352 e. The van der Waals surface area contributed by atoms with Crippen LogP contribution in [0.1, 0.15) is 50.3 Å². The van der Waals surface area contributed by atoms with Crippen molar-refractivity contribution < 1.29 is 9.59 Å². The van der Waals surface area contributed by atoms with E-state index in [1.807, 2.05) is 52.0 Å². The molecule has 30 heavy (non-hydrogen) atoms. The molecule has 0 aromatic heterocycles. The molecule has 0 aliphatic rings. The zero-order valence-corrected chi connectivity index (χ0v) is 19.6. The number of aryl methyl sites for hydroxylation is 2. The number of thioether (sulfide) groups is 1. The van der Waals surface area contributed by atoms with E-state index < -0.39 is 6.04 Å². The van der Waals surface area contributed by atoms with Crippen LogP contribution in [-0.4, -0.2) is 34.6 Å². The van der Waals surface area contributed by atoms with Gasteiger partial charge in [0.1, 0.15) is 6.04 Å². The van der Waals surface area contributed by atoms with Gasteiger partial charge in [-0.05, 0) is 51.8 Å². The number of rotatable bonds is 10. The molecule has 0 bridgehead atoms.